The first-order chi connectivity index (χ1) is 19.6. The first kappa shape index (κ1) is 30.3. The normalized spacial score (nSPS) is 11.6. The Kier molecular flexibility index (Phi) is 9.52. The summed E-state index contributed by atoms with van der Waals surface area (Å²) in [6.45, 7) is 6.32. The molecule has 0 radical (unpaired) electrons. The minimum Gasteiger partial charge on any atom is -0.380 e. The number of amides is 1. The number of hydrogen-bond donors (Lipinski definition) is 2. The van der Waals surface area contributed by atoms with E-state index in [1.165, 1.54) is 6.07 Å². The van der Waals surface area contributed by atoms with Crippen LogP contribution in [0.25, 0.3) is 11.1 Å². The molecule has 12 heteroatoms. The summed E-state index contributed by atoms with van der Waals surface area (Å²) in [6, 6.07) is 12.5. The van der Waals surface area contributed by atoms with Gasteiger partial charge in [-0.05, 0) is 42.5 Å². The van der Waals surface area contributed by atoms with Crippen LogP contribution in [0.4, 0.5) is 5.82 Å². The Morgan fingerprint density at radius 3 is 2.54 bits per heavy atom. The second-order valence-corrected chi connectivity index (χ2v) is 11.5. The molecule has 2 heterocycles. The number of nitrogens with zero attached hydrogens (tertiary/aromatic N) is 3. The van der Waals surface area contributed by atoms with E-state index in [9.17, 15) is 13.2 Å². The number of anilines is 1. The molecule has 0 aliphatic rings. The molecular weight excluding hydrogens is 566 g/mol. The van der Waals surface area contributed by atoms with Crippen molar-refractivity contribution in [3.63, 3.8) is 0 Å². The summed E-state index contributed by atoms with van der Waals surface area (Å²) in [7, 11) is -0.878. The summed E-state index contributed by atoms with van der Waals surface area (Å²) in [4.78, 5) is 17.7. The van der Waals surface area contributed by atoms with Crippen LogP contribution in [-0.4, -0.2) is 43.2 Å². The molecule has 2 aromatic heterocycles. The van der Waals surface area contributed by atoms with Crippen molar-refractivity contribution in [2.75, 3.05) is 18.9 Å². The fourth-order valence-electron chi connectivity index (χ4n) is 4.75. The van der Waals surface area contributed by atoms with Crippen molar-refractivity contribution < 1.29 is 22.5 Å². The molecule has 4 rings (SSSR count). The molecule has 0 saturated carbocycles. The van der Waals surface area contributed by atoms with Gasteiger partial charge >= 0.3 is 0 Å². The summed E-state index contributed by atoms with van der Waals surface area (Å²) in [6.07, 6.45) is 2.26. The van der Waals surface area contributed by atoms with Gasteiger partial charge in [0.15, 0.2) is 5.76 Å². The van der Waals surface area contributed by atoms with Crippen LogP contribution in [0.5, 0.6) is 0 Å². The number of aryl methyl sites for hydroxylation is 3. The van der Waals surface area contributed by atoms with Crippen molar-refractivity contribution in [3.05, 3.63) is 81.6 Å². The maximum Gasteiger partial charge on any atom is 0.269 e. The van der Waals surface area contributed by atoms with Gasteiger partial charge in [0.05, 0.1) is 17.2 Å². The number of rotatable bonds is 12. The predicted molar refractivity (Wildman–Crippen MR) is 158 cm³/mol. The number of ether oxygens (including phenoxy) is 1. The maximum absolute atomic E-state index is 13.5. The molecule has 10 nitrogen and oxygen atoms in total. The van der Waals surface area contributed by atoms with Gasteiger partial charge in [-0.25, -0.2) is 13.4 Å². The maximum atomic E-state index is 13.5. The summed E-state index contributed by atoms with van der Waals surface area (Å²) in [5.74, 6) is 0.901. The van der Waals surface area contributed by atoms with Crippen LogP contribution in [0.15, 0.2) is 51.9 Å². The van der Waals surface area contributed by atoms with Crippen molar-refractivity contribution >= 4 is 33.3 Å². The molecule has 0 spiro atoms. The van der Waals surface area contributed by atoms with Gasteiger partial charge in [-0.3, -0.25) is 9.52 Å². The molecule has 2 aromatic carbocycles. The third-order valence-electron chi connectivity index (χ3n) is 6.67. The molecule has 0 saturated heterocycles. The first-order valence-electron chi connectivity index (χ1n) is 13.3. The van der Waals surface area contributed by atoms with Gasteiger partial charge in [-0.1, -0.05) is 67.0 Å². The Morgan fingerprint density at radius 2 is 1.90 bits per heavy atom. The van der Waals surface area contributed by atoms with Crippen LogP contribution in [0, 0.1) is 6.92 Å². The minimum atomic E-state index is -4.08. The molecule has 218 valence electrons. The van der Waals surface area contributed by atoms with Gasteiger partial charge in [0.25, 0.3) is 15.9 Å². The van der Waals surface area contributed by atoms with Crippen LogP contribution < -0.4 is 10.0 Å². The van der Waals surface area contributed by atoms with Crippen molar-refractivity contribution in [2.24, 2.45) is 0 Å². The summed E-state index contributed by atoms with van der Waals surface area (Å²) < 4.78 is 41.9. The van der Waals surface area contributed by atoms with E-state index in [4.69, 9.17) is 25.8 Å². The quantitative estimate of drug-likeness (QED) is 0.224. The van der Waals surface area contributed by atoms with Crippen LogP contribution in [0.2, 0.25) is 5.02 Å². The van der Waals surface area contributed by atoms with E-state index in [1.807, 2.05) is 29.7 Å². The molecule has 0 bridgehead atoms. The summed E-state index contributed by atoms with van der Waals surface area (Å²) in [5.41, 5.74) is 4.21. The van der Waals surface area contributed by atoms with Crippen molar-refractivity contribution in [1.82, 2.24) is 20.0 Å². The monoisotopic (exact) mass is 599 g/mol. The van der Waals surface area contributed by atoms with Crippen LogP contribution in [0.1, 0.15) is 59.2 Å². The fourth-order valence-corrected chi connectivity index (χ4v) is 6.15. The van der Waals surface area contributed by atoms with Gasteiger partial charge in [0.2, 0.25) is 5.82 Å². The average Bonchev–Trinajstić information content (AvgIpc) is 3.47. The number of carbonyl (C=O) groups is 1. The Bertz CT molecular complexity index is 1660. The van der Waals surface area contributed by atoms with E-state index in [0.29, 0.717) is 35.5 Å². The topological polar surface area (TPSA) is 128 Å². The van der Waals surface area contributed by atoms with E-state index < -0.39 is 10.0 Å². The fraction of sp³-hybridized carbons (Fsp3) is 0.345. The predicted octanol–water partition coefficient (Wildman–Crippen LogP) is 5.37. The smallest absolute Gasteiger partial charge is 0.269 e. The Hall–Kier alpha value is -3.67. The Labute approximate surface area is 245 Å². The molecule has 0 fully saturated rings. The van der Waals surface area contributed by atoms with E-state index >= 15 is 0 Å². The number of sulfonamides is 1. The molecule has 2 N–H and O–H groups in total. The van der Waals surface area contributed by atoms with Crippen LogP contribution in [-0.2, 0) is 40.8 Å². The van der Waals surface area contributed by atoms with Gasteiger partial charge in [0.1, 0.15) is 16.5 Å². The zero-order valence-corrected chi connectivity index (χ0v) is 25.3. The second kappa shape index (κ2) is 12.9. The Morgan fingerprint density at radius 1 is 1.15 bits per heavy atom. The lowest BCUT2D eigenvalue weighted by molar-refractivity contribution is 0.0953. The van der Waals surface area contributed by atoms with E-state index in [1.54, 1.807) is 39.3 Å². The molecule has 0 unspecified atom stereocenters. The standard InChI is InChI=1S/C29H34ClN5O5S/c1-6-10-25-32-23(7-2)27(29(36)31-4)35(25)16-19-13-14-21(20(15-19)17-39-5)22-11-8-9-12-24(22)41(37,38)34-28-26(30)18(3)40-33-28/h8-9,11-15H,6-7,10,16-17H2,1-5H3,(H,31,36)(H,33,34). The van der Waals surface area contributed by atoms with Gasteiger partial charge in [0, 0.05) is 32.7 Å². The summed E-state index contributed by atoms with van der Waals surface area (Å²) in [5, 5.41) is 6.57. The highest BCUT2D eigenvalue weighted by atomic mass is 35.5. The third-order valence-corrected chi connectivity index (χ3v) is 8.51. The van der Waals surface area contributed by atoms with Crippen LogP contribution in [0.3, 0.4) is 0 Å². The molecule has 0 atom stereocenters. The van der Waals surface area contributed by atoms with Gasteiger partial charge < -0.3 is 19.1 Å². The molecular formula is C29H34ClN5O5S. The number of hydrogen-bond acceptors (Lipinski definition) is 7. The number of imidazole rings is 1. The SMILES string of the molecule is CCCc1nc(CC)c(C(=O)NC)n1Cc1ccc(-c2ccccc2S(=O)(=O)Nc2noc(C)c2Cl)c(COC)c1. The Balaban J connectivity index is 1.78. The van der Waals surface area contributed by atoms with Crippen molar-refractivity contribution in [2.45, 2.75) is 58.1 Å². The molecule has 0 aliphatic carbocycles. The number of nitrogens with one attached hydrogen (secondary N) is 2. The van der Waals surface area contributed by atoms with Gasteiger partial charge in [-0.15, -0.1) is 0 Å². The largest absolute Gasteiger partial charge is 0.380 e. The highest BCUT2D eigenvalue weighted by Crippen LogP contribution is 2.34. The number of carbonyl (C=O) groups excluding carboxylic acids is 1. The van der Waals surface area contributed by atoms with E-state index in [0.717, 1.165) is 35.5 Å². The van der Waals surface area contributed by atoms with Crippen LogP contribution >= 0.6 is 11.6 Å². The molecule has 41 heavy (non-hydrogen) atoms. The zero-order valence-electron chi connectivity index (χ0n) is 23.7. The summed E-state index contributed by atoms with van der Waals surface area (Å²) >= 11 is 6.16. The zero-order chi connectivity index (χ0) is 29.7. The lowest BCUT2D eigenvalue weighted by Crippen LogP contribution is -2.24. The third kappa shape index (κ3) is 6.32. The highest BCUT2D eigenvalue weighted by Gasteiger charge is 2.25. The van der Waals surface area contributed by atoms with Crippen molar-refractivity contribution in [3.8, 4) is 11.1 Å². The number of methoxy groups -OCH3 is 1. The minimum absolute atomic E-state index is 0.0520. The van der Waals surface area contributed by atoms with E-state index in [2.05, 4.69) is 22.1 Å². The average molecular weight is 600 g/mol. The number of halogens is 1. The van der Waals surface area contributed by atoms with Crippen molar-refractivity contribution in [1.29, 1.82) is 0 Å². The second-order valence-electron chi connectivity index (χ2n) is 9.52. The number of benzene rings is 2. The molecule has 4 aromatic rings. The lowest BCUT2D eigenvalue weighted by atomic mass is 9.97. The lowest BCUT2D eigenvalue weighted by Gasteiger charge is -2.17. The van der Waals surface area contributed by atoms with E-state index in [-0.39, 0.29) is 28.3 Å². The molecule has 0 aliphatic heterocycles. The molecule has 1 amide bonds. The van der Waals surface area contributed by atoms with Gasteiger partial charge in [-0.2, -0.15) is 0 Å². The highest BCUT2D eigenvalue weighted by molar-refractivity contribution is 7.92. The number of aromatic nitrogens is 3. The first-order valence-corrected chi connectivity index (χ1v) is 15.2.